The third-order valence-electron chi connectivity index (χ3n) is 2.59. The van der Waals surface area contributed by atoms with Gasteiger partial charge in [0.1, 0.15) is 4.90 Å². The Morgan fingerprint density at radius 3 is 2.65 bits per heavy atom. The zero-order valence-corrected chi connectivity index (χ0v) is 10.3. The van der Waals surface area contributed by atoms with Crippen molar-refractivity contribution in [1.29, 1.82) is 0 Å². The van der Waals surface area contributed by atoms with Crippen molar-refractivity contribution in [2.45, 2.75) is 11.8 Å². The second kappa shape index (κ2) is 3.97. The Morgan fingerprint density at radius 2 is 2.06 bits per heavy atom. The fraction of sp³-hybridized carbons (Fsp3) is 0.182. The zero-order chi connectivity index (χ0) is 12.6. The molecule has 1 aromatic carbocycles. The Kier molecular flexibility index (Phi) is 2.76. The minimum absolute atomic E-state index is 0.00806. The van der Waals surface area contributed by atoms with Crippen LogP contribution < -0.4 is 4.72 Å². The number of hydrogen-bond donors (Lipinski definition) is 2. The Balaban J connectivity index is 2.92. The van der Waals surface area contributed by atoms with Gasteiger partial charge in [-0.3, -0.25) is 4.79 Å². The highest BCUT2D eigenvalue weighted by molar-refractivity contribution is 7.89. The lowest BCUT2D eigenvalue weighted by Gasteiger charge is -2.01. The quantitative estimate of drug-likeness (QED) is 0.805. The molecule has 17 heavy (non-hydrogen) atoms. The van der Waals surface area contributed by atoms with E-state index in [1.54, 1.807) is 12.1 Å². The van der Waals surface area contributed by atoms with Crippen molar-refractivity contribution >= 4 is 27.2 Å². The number of sulfonamides is 1. The minimum atomic E-state index is -3.65. The summed E-state index contributed by atoms with van der Waals surface area (Å²) >= 11 is 0. The molecule has 0 aliphatic carbocycles. The van der Waals surface area contributed by atoms with Gasteiger partial charge >= 0.3 is 0 Å². The van der Waals surface area contributed by atoms with Crippen molar-refractivity contribution in [3.63, 3.8) is 0 Å². The smallest absolute Gasteiger partial charge is 0.243 e. The molecule has 0 spiro atoms. The van der Waals surface area contributed by atoms with E-state index in [1.165, 1.54) is 7.05 Å². The minimum Gasteiger partial charge on any atom is -0.351 e. The molecule has 1 heterocycles. The predicted molar refractivity (Wildman–Crippen MR) is 64.7 cm³/mol. The molecule has 90 valence electrons. The molecule has 0 saturated heterocycles. The standard InChI is InChI=1S/C11H12N2O3S/c1-7-3-4-9-8(5-7)11(10(6-14)13-9)17(15,16)12-2/h3-6,12-13H,1-2H3. The van der Waals surface area contributed by atoms with Gasteiger partial charge < -0.3 is 4.98 Å². The number of aldehydes is 1. The number of aromatic nitrogens is 1. The molecule has 2 N–H and O–H groups in total. The molecule has 0 radical (unpaired) electrons. The molecule has 0 bridgehead atoms. The first kappa shape index (κ1) is 11.8. The Morgan fingerprint density at radius 1 is 1.35 bits per heavy atom. The molecular formula is C11H12N2O3S. The van der Waals surface area contributed by atoms with E-state index < -0.39 is 10.0 Å². The van der Waals surface area contributed by atoms with Gasteiger partial charge in [0, 0.05) is 10.9 Å². The SMILES string of the molecule is CNS(=O)(=O)c1c(C=O)[nH]c2ccc(C)cc12. The Labute approximate surface area is 98.9 Å². The molecule has 0 saturated carbocycles. The molecule has 2 aromatic rings. The normalized spacial score (nSPS) is 11.9. The van der Waals surface area contributed by atoms with Crippen molar-refractivity contribution in [2.75, 3.05) is 7.05 Å². The van der Waals surface area contributed by atoms with Gasteiger partial charge in [0.2, 0.25) is 10.0 Å². The number of hydrogen-bond acceptors (Lipinski definition) is 3. The Hall–Kier alpha value is -1.66. The van der Waals surface area contributed by atoms with Crippen molar-refractivity contribution < 1.29 is 13.2 Å². The first-order chi connectivity index (χ1) is 7.99. The van der Waals surface area contributed by atoms with Crippen LogP contribution in [0.2, 0.25) is 0 Å². The largest absolute Gasteiger partial charge is 0.351 e. The number of aryl methyl sites for hydroxylation is 1. The average Bonchev–Trinajstić information content (AvgIpc) is 2.67. The van der Waals surface area contributed by atoms with E-state index in [2.05, 4.69) is 9.71 Å². The molecule has 0 atom stereocenters. The van der Waals surface area contributed by atoms with Crippen LogP contribution in [-0.2, 0) is 10.0 Å². The van der Waals surface area contributed by atoms with Crippen LogP contribution >= 0.6 is 0 Å². The number of benzene rings is 1. The lowest BCUT2D eigenvalue weighted by atomic mass is 10.2. The molecule has 1 aromatic heterocycles. The fourth-order valence-corrected chi connectivity index (χ4v) is 2.83. The summed E-state index contributed by atoms with van der Waals surface area (Å²) in [7, 11) is -2.34. The number of carbonyl (C=O) groups is 1. The van der Waals surface area contributed by atoms with Crippen LogP contribution in [0.5, 0.6) is 0 Å². The molecule has 0 aliphatic rings. The molecular weight excluding hydrogens is 240 g/mol. The van der Waals surface area contributed by atoms with Gasteiger partial charge in [-0.1, -0.05) is 11.6 Å². The van der Waals surface area contributed by atoms with E-state index >= 15 is 0 Å². The van der Waals surface area contributed by atoms with Crippen LogP contribution in [0, 0.1) is 6.92 Å². The molecule has 2 rings (SSSR count). The van der Waals surface area contributed by atoms with E-state index in [0.29, 0.717) is 17.2 Å². The lowest BCUT2D eigenvalue weighted by molar-refractivity contribution is 0.111. The summed E-state index contributed by atoms with van der Waals surface area (Å²) in [6.45, 7) is 1.86. The number of fused-ring (bicyclic) bond motifs is 1. The summed E-state index contributed by atoms with van der Waals surface area (Å²) in [6, 6.07) is 5.35. The van der Waals surface area contributed by atoms with Crippen LogP contribution in [0.25, 0.3) is 10.9 Å². The summed E-state index contributed by atoms with van der Waals surface area (Å²) in [4.78, 5) is 13.7. The summed E-state index contributed by atoms with van der Waals surface area (Å²) in [6.07, 6.45) is 0.513. The molecule has 0 fully saturated rings. The van der Waals surface area contributed by atoms with Gasteiger partial charge in [-0.15, -0.1) is 0 Å². The monoisotopic (exact) mass is 252 g/mol. The molecule has 0 amide bonds. The molecule has 5 nitrogen and oxygen atoms in total. The van der Waals surface area contributed by atoms with Crippen molar-refractivity contribution in [1.82, 2.24) is 9.71 Å². The number of aromatic amines is 1. The third kappa shape index (κ3) is 1.85. The van der Waals surface area contributed by atoms with Crippen molar-refractivity contribution in [3.05, 3.63) is 29.5 Å². The number of rotatable bonds is 3. The highest BCUT2D eigenvalue weighted by Crippen LogP contribution is 2.26. The molecule has 0 aliphatic heterocycles. The lowest BCUT2D eigenvalue weighted by Crippen LogP contribution is -2.19. The second-order valence-electron chi connectivity index (χ2n) is 3.74. The van der Waals surface area contributed by atoms with E-state index in [1.807, 2.05) is 13.0 Å². The predicted octanol–water partition coefficient (Wildman–Crippen LogP) is 1.20. The fourth-order valence-electron chi connectivity index (χ4n) is 1.78. The van der Waals surface area contributed by atoms with Gasteiger partial charge in [-0.05, 0) is 26.1 Å². The maximum Gasteiger partial charge on any atom is 0.243 e. The highest BCUT2D eigenvalue weighted by Gasteiger charge is 2.22. The van der Waals surface area contributed by atoms with Crippen LogP contribution in [0.3, 0.4) is 0 Å². The first-order valence-corrected chi connectivity index (χ1v) is 6.49. The highest BCUT2D eigenvalue weighted by atomic mass is 32.2. The van der Waals surface area contributed by atoms with Gasteiger partial charge in [0.05, 0.1) is 5.69 Å². The zero-order valence-electron chi connectivity index (χ0n) is 9.44. The average molecular weight is 252 g/mol. The van der Waals surface area contributed by atoms with Gasteiger partial charge in [0.25, 0.3) is 0 Å². The number of H-pyrrole nitrogens is 1. The van der Waals surface area contributed by atoms with Crippen LogP contribution in [0.1, 0.15) is 16.1 Å². The van der Waals surface area contributed by atoms with Crippen molar-refractivity contribution in [2.24, 2.45) is 0 Å². The summed E-state index contributed by atoms with van der Waals surface area (Å²) in [5.41, 5.74) is 1.63. The summed E-state index contributed by atoms with van der Waals surface area (Å²) < 4.78 is 26.0. The summed E-state index contributed by atoms with van der Waals surface area (Å²) in [5, 5.41) is 0.529. The van der Waals surface area contributed by atoms with E-state index in [-0.39, 0.29) is 10.6 Å². The summed E-state index contributed by atoms with van der Waals surface area (Å²) in [5.74, 6) is 0. The second-order valence-corrected chi connectivity index (χ2v) is 5.57. The Bertz CT molecular complexity index is 686. The third-order valence-corrected chi connectivity index (χ3v) is 4.10. The van der Waals surface area contributed by atoms with E-state index in [4.69, 9.17) is 0 Å². The van der Waals surface area contributed by atoms with Gasteiger partial charge in [-0.25, -0.2) is 13.1 Å². The first-order valence-electron chi connectivity index (χ1n) is 5.00. The van der Waals surface area contributed by atoms with E-state index in [0.717, 1.165) is 5.56 Å². The van der Waals surface area contributed by atoms with Crippen LogP contribution in [0.15, 0.2) is 23.1 Å². The number of nitrogens with one attached hydrogen (secondary N) is 2. The molecule has 0 unspecified atom stereocenters. The molecule has 6 heteroatoms. The van der Waals surface area contributed by atoms with Gasteiger partial charge in [-0.2, -0.15) is 0 Å². The number of carbonyl (C=O) groups excluding carboxylic acids is 1. The van der Waals surface area contributed by atoms with Gasteiger partial charge in [0.15, 0.2) is 6.29 Å². The van der Waals surface area contributed by atoms with E-state index in [9.17, 15) is 13.2 Å². The topological polar surface area (TPSA) is 79.0 Å². The maximum atomic E-state index is 11.9. The van der Waals surface area contributed by atoms with Crippen LogP contribution in [0.4, 0.5) is 0 Å². The van der Waals surface area contributed by atoms with Crippen molar-refractivity contribution in [3.8, 4) is 0 Å². The maximum absolute atomic E-state index is 11.9. The van der Waals surface area contributed by atoms with Crippen LogP contribution in [-0.4, -0.2) is 26.7 Å².